The summed E-state index contributed by atoms with van der Waals surface area (Å²) in [6.45, 7) is 4.28. The molecule has 0 radical (unpaired) electrons. The van der Waals surface area contributed by atoms with Gasteiger partial charge in [-0.2, -0.15) is 0 Å². The molecule has 2 aliphatic heterocycles. The van der Waals surface area contributed by atoms with E-state index in [4.69, 9.17) is 0 Å². The van der Waals surface area contributed by atoms with E-state index in [9.17, 15) is 4.39 Å². The molecule has 0 spiro atoms. The number of halogens is 1. The predicted octanol–water partition coefficient (Wildman–Crippen LogP) is 2.07. The number of rotatable bonds is 2. The van der Waals surface area contributed by atoms with Crippen molar-refractivity contribution in [2.75, 3.05) is 31.1 Å². The van der Waals surface area contributed by atoms with Gasteiger partial charge in [-0.15, -0.1) is 0 Å². The summed E-state index contributed by atoms with van der Waals surface area (Å²) in [5.41, 5.74) is 0. The topological polar surface area (TPSA) is 32.3 Å². The van der Waals surface area contributed by atoms with E-state index in [2.05, 4.69) is 19.8 Å². The van der Waals surface area contributed by atoms with Gasteiger partial charge < -0.3 is 9.80 Å². The lowest BCUT2D eigenvalue weighted by Crippen LogP contribution is -2.47. The molecule has 2 fully saturated rings. The molecule has 0 N–H and O–H groups in total. The van der Waals surface area contributed by atoms with Gasteiger partial charge in [0.15, 0.2) is 11.6 Å². The molecule has 0 bridgehead atoms. The number of likely N-dealkylation sites (tertiary alicyclic amines) is 1. The van der Waals surface area contributed by atoms with Crippen LogP contribution in [-0.2, 0) is 0 Å². The van der Waals surface area contributed by atoms with Crippen LogP contribution >= 0.6 is 0 Å². The van der Waals surface area contributed by atoms with Crippen molar-refractivity contribution in [3.05, 3.63) is 18.3 Å². The van der Waals surface area contributed by atoms with Crippen molar-refractivity contribution in [3.63, 3.8) is 0 Å². The lowest BCUT2D eigenvalue weighted by Gasteiger charge is -2.40. The first kappa shape index (κ1) is 12.8. The zero-order chi connectivity index (χ0) is 13.1. The fraction of sp³-hybridized carbons (Fsp3) is 0.714. The molecule has 0 aliphatic carbocycles. The summed E-state index contributed by atoms with van der Waals surface area (Å²) in [6.07, 6.45) is 8.95. The van der Waals surface area contributed by atoms with Crippen molar-refractivity contribution in [1.82, 2.24) is 14.9 Å². The van der Waals surface area contributed by atoms with Gasteiger partial charge in [-0.05, 0) is 38.8 Å². The Morgan fingerprint density at radius 3 is 2.47 bits per heavy atom. The number of anilines is 1. The maximum atomic E-state index is 13.6. The molecule has 0 saturated carbocycles. The van der Waals surface area contributed by atoms with Crippen LogP contribution in [0.3, 0.4) is 0 Å². The highest BCUT2D eigenvalue weighted by molar-refractivity contribution is 5.38. The van der Waals surface area contributed by atoms with E-state index in [-0.39, 0.29) is 5.82 Å². The first-order valence-corrected chi connectivity index (χ1v) is 7.29. The zero-order valence-electron chi connectivity index (χ0n) is 11.3. The SMILES string of the molecule is Fc1cncnc1N1CCC(N2CCCCC2)CC1. The van der Waals surface area contributed by atoms with Crippen LogP contribution < -0.4 is 4.90 Å². The number of aromatic nitrogens is 2. The molecule has 4 nitrogen and oxygen atoms in total. The van der Waals surface area contributed by atoms with E-state index < -0.39 is 0 Å². The van der Waals surface area contributed by atoms with E-state index in [1.54, 1.807) is 0 Å². The molecule has 0 aromatic carbocycles. The Bertz CT molecular complexity index is 412. The van der Waals surface area contributed by atoms with Crippen molar-refractivity contribution < 1.29 is 4.39 Å². The first-order valence-electron chi connectivity index (χ1n) is 7.29. The van der Waals surface area contributed by atoms with Crippen LogP contribution in [-0.4, -0.2) is 47.1 Å². The summed E-state index contributed by atoms with van der Waals surface area (Å²) in [5.74, 6) is 0.158. The lowest BCUT2D eigenvalue weighted by atomic mass is 10.00. The molecule has 0 amide bonds. The summed E-state index contributed by atoms with van der Waals surface area (Å²) in [6, 6.07) is 0.682. The van der Waals surface area contributed by atoms with Gasteiger partial charge in [0.2, 0.25) is 0 Å². The highest BCUT2D eigenvalue weighted by atomic mass is 19.1. The van der Waals surface area contributed by atoms with E-state index >= 15 is 0 Å². The highest BCUT2D eigenvalue weighted by Gasteiger charge is 2.26. The second-order valence-electron chi connectivity index (χ2n) is 5.51. The number of piperidine rings is 2. The summed E-state index contributed by atoms with van der Waals surface area (Å²) in [4.78, 5) is 12.4. The molecular formula is C14H21FN4. The van der Waals surface area contributed by atoms with Gasteiger partial charge in [0, 0.05) is 19.1 Å². The minimum absolute atomic E-state index is 0.307. The third-order valence-corrected chi connectivity index (χ3v) is 4.32. The molecule has 2 aliphatic rings. The molecular weight excluding hydrogens is 243 g/mol. The summed E-state index contributed by atoms with van der Waals surface area (Å²) in [5, 5.41) is 0. The first-order chi connectivity index (χ1) is 9.34. The monoisotopic (exact) mass is 264 g/mol. The molecule has 0 unspecified atom stereocenters. The predicted molar refractivity (Wildman–Crippen MR) is 72.6 cm³/mol. The molecule has 5 heteroatoms. The van der Waals surface area contributed by atoms with Crippen molar-refractivity contribution in [2.24, 2.45) is 0 Å². The second kappa shape index (κ2) is 5.82. The van der Waals surface area contributed by atoms with E-state index in [1.807, 2.05) is 0 Å². The highest BCUT2D eigenvalue weighted by Crippen LogP contribution is 2.24. The lowest BCUT2D eigenvalue weighted by molar-refractivity contribution is 0.141. The van der Waals surface area contributed by atoms with Crippen LogP contribution in [0.25, 0.3) is 0 Å². The number of hydrogen-bond acceptors (Lipinski definition) is 4. The Morgan fingerprint density at radius 1 is 1.05 bits per heavy atom. The fourth-order valence-electron chi connectivity index (χ4n) is 3.27. The van der Waals surface area contributed by atoms with E-state index in [0.717, 1.165) is 25.9 Å². The van der Waals surface area contributed by atoms with Gasteiger partial charge in [0.1, 0.15) is 6.33 Å². The van der Waals surface area contributed by atoms with Crippen LogP contribution in [0.4, 0.5) is 10.2 Å². The van der Waals surface area contributed by atoms with Crippen molar-refractivity contribution in [3.8, 4) is 0 Å². The zero-order valence-corrected chi connectivity index (χ0v) is 11.3. The van der Waals surface area contributed by atoms with Gasteiger partial charge in [0.25, 0.3) is 0 Å². The maximum absolute atomic E-state index is 13.6. The molecule has 2 saturated heterocycles. The number of hydrogen-bond donors (Lipinski definition) is 0. The third kappa shape index (κ3) is 2.86. The normalized spacial score (nSPS) is 22.7. The average molecular weight is 264 g/mol. The molecule has 1 aromatic heterocycles. The van der Waals surface area contributed by atoms with Crippen molar-refractivity contribution >= 4 is 5.82 Å². The molecule has 19 heavy (non-hydrogen) atoms. The second-order valence-corrected chi connectivity index (χ2v) is 5.51. The van der Waals surface area contributed by atoms with Gasteiger partial charge >= 0.3 is 0 Å². The van der Waals surface area contributed by atoms with Gasteiger partial charge in [-0.1, -0.05) is 6.42 Å². The minimum atomic E-state index is -0.307. The smallest absolute Gasteiger partial charge is 0.183 e. The fourth-order valence-corrected chi connectivity index (χ4v) is 3.27. The molecule has 1 aromatic rings. The summed E-state index contributed by atoms with van der Waals surface area (Å²) < 4.78 is 13.6. The van der Waals surface area contributed by atoms with Crippen molar-refractivity contribution in [1.29, 1.82) is 0 Å². The molecule has 3 rings (SSSR count). The quantitative estimate of drug-likeness (QED) is 0.818. The molecule has 104 valence electrons. The van der Waals surface area contributed by atoms with Crippen LogP contribution in [0, 0.1) is 5.82 Å². The van der Waals surface area contributed by atoms with Crippen LogP contribution in [0.5, 0.6) is 0 Å². The van der Waals surface area contributed by atoms with Gasteiger partial charge in [-0.25, -0.2) is 14.4 Å². The Kier molecular flexibility index (Phi) is 3.92. The maximum Gasteiger partial charge on any atom is 0.183 e. The van der Waals surface area contributed by atoms with Crippen LogP contribution in [0.2, 0.25) is 0 Å². The van der Waals surface area contributed by atoms with Crippen molar-refractivity contribution in [2.45, 2.75) is 38.1 Å². The van der Waals surface area contributed by atoms with Gasteiger partial charge in [-0.3, -0.25) is 0 Å². The largest absolute Gasteiger partial charge is 0.354 e. The Labute approximate surface area is 113 Å². The summed E-state index contributed by atoms with van der Waals surface area (Å²) >= 11 is 0. The Morgan fingerprint density at radius 2 is 1.79 bits per heavy atom. The Hall–Kier alpha value is -1.23. The summed E-state index contributed by atoms with van der Waals surface area (Å²) in [7, 11) is 0. The Balaban J connectivity index is 1.58. The van der Waals surface area contributed by atoms with Gasteiger partial charge in [0.05, 0.1) is 6.20 Å². The average Bonchev–Trinajstić information content (AvgIpc) is 2.49. The standard InChI is InChI=1S/C14H21FN4/c15-13-10-16-11-17-14(13)19-8-4-12(5-9-19)18-6-2-1-3-7-18/h10-12H,1-9H2. The van der Waals surface area contributed by atoms with Crippen LogP contribution in [0.1, 0.15) is 32.1 Å². The third-order valence-electron chi connectivity index (χ3n) is 4.32. The molecule has 0 atom stereocenters. The minimum Gasteiger partial charge on any atom is -0.354 e. The molecule has 3 heterocycles. The van der Waals surface area contributed by atoms with E-state index in [1.165, 1.54) is 44.9 Å². The van der Waals surface area contributed by atoms with Crippen LogP contribution in [0.15, 0.2) is 12.5 Å². The number of nitrogens with zero attached hydrogens (tertiary/aromatic N) is 4. The van der Waals surface area contributed by atoms with E-state index in [0.29, 0.717) is 11.9 Å².